The fraction of sp³-hybridized carbons (Fsp3) is 0.965. The van der Waals surface area contributed by atoms with E-state index in [1.807, 2.05) is 0 Å². The Bertz CT molecular complexity index is 924. The Morgan fingerprint density at radius 3 is 0.968 bits per heavy atom. The molecule has 0 radical (unpaired) electrons. The molecule has 376 valence electrons. The third-order valence-electron chi connectivity index (χ3n) is 13.6. The van der Waals surface area contributed by atoms with E-state index >= 15 is 0 Å². The Hall–Kier alpha value is -1.14. The monoisotopic (exact) mass is 893 g/mol. The Morgan fingerprint density at radius 2 is 0.651 bits per heavy atom. The highest BCUT2D eigenvalue weighted by Gasteiger charge is 2.26. The van der Waals surface area contributed by atoms with E-state index in [1.54, 1.807) is 0 Å². The van der Waals surface area contributed by atoms with E-state index in [0.29, 0.717) is 26.0 Å². The molecule has 0 aromatic heterocycles. The molecule has 6 heteroatoms. The van der Waals surface area contributed by atoms with Crippen molar-refractivity contribution in [2.75, 3.05) is 40.4 Å². The van der Waals surface area contributed by atoms with E-state index in [1.165, 1.54) is 250 Å². The van der Waals surface area contributed by atoms with Crippen molar-refractivity contribution >= 4 is 11.9 Å². The molecule has 0 fully saturated rings. The Morgan fingerprint density at radius 1 is 0.381 bits per heavy atom. The van der Waals surface area contributed by atoms with Gasteiger partial charge in [0.05, 0.1) is 20.6 Å². The number of hydrogen-bond donors (Lipinski definition) is 1. The van der Waals surface area contributed by atoms with Gasteiger partial charge in [-0.05, 0) is 32.1 Å². The van der Waals surface area contributed by atoms with Gasteiger partial charge in [0.2, 0.25) is 0 Å². The molecule has 0 aliphatic rings. The van der Waals surface area contributed by atoms with Crippen LogP contribution in [0.25, 0.3) is 0 Å². The summed E-state index contributed by atoms with van der Waals surface area (Å²) in [6.45, 7) is 6.81. The van der Waals surface area contributed by atoms with Crippen LogP contribution in [-0.2, 0) is 19.1 Å². The number of ether oxygens (including phenoxy) is 2. The highest BCUT2D eigenvalue weighted by Crippen LogP contribution is 2.18. The van der Waals surface area contributed by atoms with E-state index < -0.39 is 6.10 Å². The van der Waals surface area contributed by atoms with Gasteiger partial charge in [0, 0.05) is 19.4 Å². The van der Waals surface area contributed by atoms with Gasteiger partial charge < -0.3 is 19.1 Å². The van der Waals surface area contributed by atoms with Gasteiger partial charge in [0.25, 0.3) is 0 Å². The van der Waals surface area contributed by atoms with Gasteiger partial charge in [-0.2, -0.15) is 0 Å². The van der Waals surface area contributed by atoms with Crippen molar-refractivity contribution in [1.29, 1.82) is 0 Å². The van der Waals surface area contributed by atoms with Crippen LogP contribution in [0.3, 0.4) is 0 Å². The molecule has 0 aromatic carbocycles. The number of aliphatic hydroxyl groups is 1. The number of nitrogens with zero attached hydrogens (tertiary/aromatic N) is 1. The van der Waals surface area contributed by atoms with Crippen molar-refractivity contribution in [3.63, 3.8) is 0 Å². The van der Waals surface area contributed by atoms with Gasteiger partial charge in [-0.3, -0.25) is 9.59 Å². The number of esters is 2. The molecule has 0 aromatic rings. The van der Waals surface area contributed by atoms with Crippen molar-refractivity contribution in [2.45, 2.75) is 315 Å². The summed E-state index contributed by atoms with van der Waals surface area (Å²) in [6.07, 6.45) is 57.8. The number of likely N-dealkylation sites (N-methyl/N-ethyl adjacent to an activating group) is 1. The first kappa shape index (κ1) is 61.9. The maximum absolute atomic E-state index is 13.1. The highest BCUT2D eigenvalue weighted by molar-refractivity contribution is 5.70. The zero-order chi connectivity index (χ0) is 46.0. The normalized spacial score (nSPS) is 12.3. The Labute approximate surface area is 394 Å². The Kier molecular flexibility index (Phi) is 49.4. The van der Waals surface area contributed by atoms with Crippen molar-refractivity contribution in [3.8, 4) is 0 Å². The van der Waals surface area contributed by atoms with E-state index in [2.05, 4.69) is 27.9 Å². The van der Waals surface area contributed by atoms with Gasteiger partial charge in [-0.15, -0.1) is 0 Å². The number of rotatable bonds is 53. The fourth-order valence-corrected chi connectivity index (χ4v) is 9.32. The molecule has 0 rings (SSSR count). The van der Waals surface area contributed by atoms with Gasteiger partial charge in [0.1, 0.15) is 13.2 Å². The van der Waals surface area contributed by atoms with Crippen molar-refractivity contribution in [2.24, 2.45) is 0 Å². The number of carbonyl (C=O) groups is 2. The maximum atomic E-state index is 13.1. The summed E-state index contributed by atoms with van der Waals surface area (Å²) in [4.78, 5) is 25.9. The molecular formula is C57H114NO5+. The minimum Gasteiger partial charge on any atom is -0.461 e. The van der Waals surface area contributed by atoms with E-state index in [0.717, 1.165) is 43.1 Å². The predicted octanol–water partition coefficient (Wildman–Crippen LogP) is 17.5. The summed E-state index contributed by atoms with van der Waals surface area (Å²) in [5.41, 5.74) is 0. The Balaban J connectivity index is 4.38. The molecule has 1 unspecified atom stereocenters. The molecule has 0 spiro atoms. The van der Waals surface area contributed by atoms with Gasteiger partial charge in [0.15, 0.2) is 6.10 Å². The summed E-state index contributed by atoms with van der Waals surface area (Å²) in [7, 11) is 4.48. The quantitative estimate of drug-likeness (QED) is 0.0374. The second-order valence-electron chi connectivity index (χ2n) is 20.7. The van der Waals surface area contributed by atoms with Crippen LogP contribution in [-0.4, -0.2) is 68.0 Å². The SMILES string of the molecule is CCCCCCCCCCCCCCCC(=O)OCC(C[N+](C)(C)CCCCCCCCCCCCCCCCCCCCO)OC(=O)CCCCCCCCCCCCCCC. The first-order chi connectivity index (χ1) is 30.8. The lowest BCUT2D eigenvalue weighted by Crippen LogP contribution is -2.48. The summed E-state index contributed by atoms with van der Waals surface area (Å²) in [5.74, 6) is -0.276. The number of unbranched alkanes of at least 4 members (excludes halogenated alkanes) is 41. The van der Waals surface area contributed by atoms with Crippen LogP contribution < -0.4 is 0 Å². The fourth-order valence-electron chi connectivity index (χ4n) is 9.32. The third-order valence-corrected chi connectivity index (χ3v) is 13.6. The lowest BCUT2D eigenvalue weighted by Gasteiger charge is -2.33. The summed E-state index contributed by atoms with van der Waals surface area (Å²) in [6, 6.07) is 0. The van der Waals surface area contributed by atoms with E-state index in [4.69, 9.17) is 14.6 Å². The van der Waals surface area contributed by atoms with Crippen LogP contribution in [0.2, 0.25) is 0 Å². The molecule has 0 aliphatic carbocycles. The van der Waals surface area contributed by atoms with E-state index in [9.17, 15) is 9.59 Å². The first-order valence-corrected chi connectivity index (χ1v) is 28.6. The summed E-state index contributed by atoms with van der Waals surface area (Å²) >= 11 is 0. The zero-order valence-corrected chi connectivity index (χ0v) is 43.5. The molecule has 0 bridgehead atoms. The second kappa shape index (κ2) is 50.3. The topological polar surface area (TPSA) is 72.8 Å². The zero-order valence-electron chi connectivity index (χ0n) is 43.5. The second-order valence-corrected chi connectivity index (χ2v) is 20.7. The molecular weight excluding hydrogens is 779 g/mol. The lowest BCUT2D eigenvalue weighted by molar-refractivity contribution is -0.893. The lowest BCUT2D eigenvalue weighted by atomic mass is 10.0. The van der Waals surface area contributed by atoms with Gasteiger partial charge in [-0.1, -0.05) is 264 Å². The largest absolute Gasteiger partial charge is 0.461 e. The van der Waals surface area contributed by atoms with Crippen molar-refractivity contribution in [3.05, 3.63) is 0 Å². The standard InChI is InChI=1S/C57H114NO5/c1-5-7-9-11-13-15-17-25-29-33-37-41-45-49-56(60)62-54-55(63-57(61)50-46-42-38-34-30-26-18-16-14-12-10-8-6-2)53-58(3,4)51-47-43-39-35-31-27-23-21-19-20-22-24-28-32-36-40-44-48-52-59/h55,59H,5-54H2,1-4H3/q+1. The summed E-state index contributed by atoms with van der Waals surface area (Å²) in [5, 5.41) is 8.88. The number of aliphatic hydroxyl groups excluding tert-OH is 1. The average Bonchev–Trinajstić information content (AvgIpc) is 3.26. The molecule has 1 atom stereocenters. The number of carbonyl (C=O) groups excluding carboxylic acids is 2. The highest BCUT2D eigenvalue weighted by atomic mass is 16.6. The smallest absolute Gasteiger partial charge is 0.306 e. The van der Waals surface area contributed by atoms with Crippen LogP contribution in [0.4, 0.5) is 0 Å². The van der Waals surface area contributed by atoms with Crippen LogP contribution in [0.5, 0.6) is 0 Å². The van der Waals surface area contributed by atoms with Crippen molar-refractivity contribution < 1.29 is 28.7 Å². The molecule has 63 heavy (non-hydrogen) atoms. The number of hydrogen-bond acceptors (Lipinski definition) is 5. The molecule has 0 heterocycles. The predicted molar refractivity (Wildman–Crippen MR) is 273 cm³/mol. The summed E-state index contributed by atoms with van der Waals surface area (Å²) < 4.78 is 12.6. The van der Waals surface area contributed by atoms with Crippen LogP contribution in [0, 0.1) is 0 Å². The molecule has 0 aliphatic heterocycles. The van der Waals surface area contributed by atoms with Gasteiger partial charge in [-0.25, -0.2) is 0 Å². The molecule has 0 saturated carbocycles. The van der Waals surface area contributed by atoms with Crippen LogP contribution in [0.1, 0.15) is 309 Å². The minimum atomic E-state index is -0.391. The van der Waals surface area contributed by atoms with Crippen molar-refractivity contribution in [1.82, 2.24) is 0 Å². The molecule has 0 amide bonds. The first-order valence-electron chi connectivity index (χ1n) is 28.6. The molecule has 1 N–H and O–H groups in total. The minimum absolute atomic E-state index is 0.132. The van der Waals surface area contributed by atoms with Crippen LogP contribution >= 0.6 is 0 Å². The van der Waals surface area contributed by atoms with E-state index in [-0.39, 0.29) is 18.5 Å². The average molecular weight is 894 g/mol. The molecule has 6 nitrogen and oxygen atoms in total. The third kappa shape index (κ3) is 50.1. The maximum Gasteiger partial charge on any atom is 0.306 e. The van der Waals surface area contributed by atoms with Gasteiger partial charge >= 0.3 is 11.9 Å². The molecule has 0 saturated heterocycles. The van der Waals surface area contributed by atoms with Crippen LogP contribution in [0.15, 0.2) is 0 Å². The number of quaternary nitrogens is 1.